The number of amides is 1. The molecule has 0 heterocycles. The smallest absolute Gasteiger partial charge is 0.322 e. The number of carboxylic acids is 2. The van der Waals surface area contributed by atoms with Crippen molar-refractivity contribution < 1.29 is 24.6 Å². The number of hydrogen-bond acceptors (Lipinski definition) is 5. The van der Waals surface area contributed by atoms with E-state index in [-0.39, 0.29) is 6.42 Å². The van der Waals surface area contributed by atoms with Crippen molar-refractivity contribution in [3.05, 3.63) is 12.3 Å². The first kappa shape index (κ1) is 17.9. The van der Waals surface area contributed by atoms with Crippen LogP contribution in [0.2, 0.25) is 0 Å². The second kappa shape index (κ2) is 8.92. The summed E-state index contributed by atoms with van der Waals surface area (Å²) in [5.74, 6) is -3.53. The van der Waals surface area contributed by atoms with Crippen molar-refractivity contribution in [2.75, 3.05) is 0 Å². The van der Waals surface area contributed by atoms with Crippen LogP contribution in [0.3, 0.4) is 0 Å². The summed E-state index contributed by atoms with van der Waals surface area (Å²) in [5, 5.41) is 20.1. The number of primary amides is 1. The summed E-state index contributed by atoms with van der Waals surface area (Å²) >= 11 is 0. The Hall–Kier alpha value is -2.09. The molecule has 114 valence electrons. The first-order valence-electron chi connectivity index (χ1n) is 6.18. The Labute approximate surface area is 116 Å². The van der Waals surface area contributed by atoms with Gasteiger partial charge in [0.2, 0.25) is 5.91 Å². The fraction of sp³-hybridized carbons (Fsp3) is 0.583. The van der Waals surface area contributed by atoms with Crippen molar-refractivity contribution in [1.82, 2.24) is 5.32 Å². The van der Waals surface area contributed by atoms with E-state index in [2.05, 4.69) is 5.32 Å². The van der Waals surface area contributed by atoms with E-state index in [1.807, 2.05) is 0 Å². The third-order valence-corrected chi connectivity index (χ3v) is 2.83. The van der Waals surface area contributed by atoms with Crippen molar-refractivity contribution in [2.45, 2.75) is 38.3 Å². The average molecular weight is 287 g/mol. The fourth-order valence-corrected chi connectivity index (χ4v) is 1.52. The molecule has 0 rings (SSSR count). The molecule has 0 spiro atoms. The van der Waals surface area contributed by atoms with E-state index in [1.54, 1.807) is 6.08 Å². The number of nitrogens with two attached hydrogens (primary N) is 2. The van der Waals surface area contributed by atoms with Crippen molar-refractivity contribution in [3.8, 4) is 0 Å². The highest BCUT2D eigenvalue weighted by molar-refractivity contribution is 5.80. The number of unbranched alkanes of at least 4 members (excludes halogenated alkanes) is 1. The van der Waals surface area contributed by atoms with Gasteiger partial charge >= 0.3 is 11.9 Å². The van der Waals surface area contributed by atoms with Crippen LogP contribution < -0.4 is 16.8 Å². The highest BCUT2D eigenvalue weighted by atomic mass is 16.4. The molecule has 7 N–H and O–H groups in total. The minimum atomic E-state index is -1.28. The van der Waals surface area contributed by atoms with Crippen LogP contribution in [0.5, 0.6) is 0 Å². The zero-order valence-corrected chi connectivity index (χ0v) is 11.3. The largest absolute Gasteiger partial charge is 0.481 e. The van der Waals surface area contributed by atoms with E-state index >= 15 is 0 Å². The number of carbonyl (C=O) groups excluding carboxylic acids is 1. The first-order chi connectivity index (χ1) is 9.27. The molecular weight excluding hydrogens is 266 g/mol. The summed E-state index contributed by atoms with van der Waals surface area (Å²) in [6.07, 6.45) is 4.15. The van der Waals surface area contributed by atoms with Crippen molar-refractivity contribution in [1.29, 1.82) is 0 Å². The van der Waals surface area contributed by atoms with Crippen LogP contribution in [-0.2, 0) is 14.4 Å². The first-order valence-corrected chi connectivity index (χ1v) is 6.18. The second-order valence-corrected chi connectivity index (χ2v) is 4.44. The molecule has 2 unspecified atom stereocenters. The van der Waals surface area contributed by atoms with E-state index in [9.17, 15) is 14.4 Å². The number of rotatable bonds is 10. The molecule has 1 amide bonds. The summed E-state index contributed by atoms with van der Waals surface area (Å²) in [4.78, 5) is 32.3. The molecule has 20 heavy (non-hydrogen) atoms. The standard InChI is InChI=1S/C12H21N3O5/c1-7(11(14)18)10(9(13)12(19)20)15-6-4-2-3-5-8(16)17/h4,6-7,9-10,15H,2-3,5,13H2,1H3,(H2,14,18)(H,16,17)(H,19,20)/t7?,9-,10?/m0/s1. The van der Waals surface area contributed by atoms with Gasteiger partial charge in [0.05, 0.1) is 12.0 Å². The predicted octanol–water partition coefficient (Wildman–Crippen LogP) is -0.753. The molecule has 3 atom stereocenters. The lowest BCUT2D eigenvalue weighted by atomic mass is 9.95. The van der Waals surface area contributed by atoms with Crippen LogP contribution in [0.25, 0.3) is 0 Å². The minimum absolute atomic E-state index is 0.0557. The number of carbonyl (C=O) groups is 3. The molecule has 0 aromatic rings. The van der Waals surface area contributed by atoms with E-state index in [1.165, 1.54) is 13.1 Å². The molecule has 0 aromatic carbocycles. The second-order valence-electron chi connectivity index (χ2n) is 4.44. The van der Waals surface area contributed by atoms with Gasteiger partial charge in [0.25, 0.3) is 0 Å². The molecule has 0 saturated heterocycles. The van der Waals surface area contributed by atoms with Crippen molar-refractivity contribution >= 4 is 17.8 Å². The van der Waals surface area contributed by atoms with E-state index in [0.717, 1.165) is 0 Å². The van der Waals surface area contributed by atoms with Crippen LogP contribution in [0.1, 0.15) is 26.2 Å². The minimum Gasteiger partial charge on any atom is -0.481 e. The Morgan fingerprint density at radius 1 is 1.30 bits per heavy atom. The molecular formula is C12H21N3O5. The topological polar surface area (TPSA) is 156 Å². The Morgan fingerprint density at radius 2 is 1.90 bits per heavy atom. The van der Waals surface area contributed by atoms with E-state index < -0.39 is 35.8 Å². The van der Waals surface area contributed by atoms with Gasteiger partial charge < -0.3 is 27.0 Å². The van der Waals surface area contributed by atoms with Gasteiger partial charge in [-0.25, -0.2) is 0 Å². The van der Waals surface area contributed by atoms with Crippen LogP contribution >= 0.6 is 0 Å². The lowest BCUT2D eigenvalue weighted by molar-refractivity contribution is -0.140. The maximum absolute atomic E-state index is 11.1. The van der Waals surface area contributed by atoms with Crippen LogP contribution in [0.15, 0.2) is 12.3 Å². The SMILES string of the molecule is CC(C(N)=O)C(NC=CCCCC(=O)O)[C@H](N)C(=O)O. The number of nitrogens with one attached hydrogen (secondary N) is 1. The van der Waals surface area contributed by atoms with Gasteiger partial charge in [0, 0.05) is 6.42 Å². The van der Waals surface area contributed by atoms with Crippen molar-refractivity contribution in [2.24, 2.45) is 17.4 Å². The molecule has 0 aliphatic carbocycles. The number of allylic oxidation sites excluding steroid dienone is 1. The lowest BCUT2D eigenvalue weighted by Crippen LogP contribution is -2.54. The Morgan fingerprint density at radius 3 is 2.35 bits per heavy atom. The summed E-state index contributed by atoms with van der Waals surface area (Å²) in [7, 11) is 0. The van der Waals surface area contributed by atoms with Crippen LogP contribution in [0, 0.1) is 5.92 Å². The molecule has 0 bridgehead atoms. The summed E-state index contributed by atoms with van der Waals surface area (Å²) in [6, 6.07) is -2.11. The van der Waals surface area contributed by atoms with Crippen molar-refractivity contribution in [3.63, 3.8) is 0 Å². The molecule has 0 saturated carbocycles. The highest BCUT2D eigenvalue weighted by Crippen LogP contribution is 2.07. The Bertz CT molecular complexity index is 363. The Kier molecular flexibility index (Phi) is 7.98. The number of hydrogen-bond donors (Lipinski definition) is 5. The van der Waals surface area contributed by atoms with Gasteiger partial charge in [-0.15, -0.1) is 0 Å². The van der Waals surface area contributed by atoms with Gasteiger partial charge in [-0.1, -0.05) is 13.0 Å². The number of carboxylic acid groups (broad SMARTS) is 2. The molecule has 0 fully saturated rings. The van der Waals surface area contributed by atoms with Gasteiger partial charge in [-0.05, 0) is 19.0 Å². The quantitative estimate of drug-likeness (QED) is 0.331. The molecule has 8 heteroatoms. The highest BCUT2D eigenvalue weighted by Gasteiger charge is 2.31. The monoisotopic (exact) mass is 287 g/mol. The molecule has 0 aliphatic rings. The fourth-order valence-electron chi connectivity index (χ4n) is 1.52. The molecule has 8 nitrogen and oxygen atoms in total. The number of aliphatic carboxylic acids is 2. The molecule has 0 aromatic heterocycles. The van der Waals surface area contributed by atoms with Crippen LogP contribution in [-0.4, -0.2) is 40.1 Å². The third-order valence-electron chi connectivity index (χ3n) is 2.83. The van der Waals surface area contributed by atoms with Gasteiger partial charge in [-0.3, -0.25) is 14.4 Å². The lowest BCUT2D eigenvalue weighted by Gasteiger charge is -2.25. The normalized spacial score (nSPS) is 15.5. The summed E-state index contributed by atoms with van der Waals surface area (Å²) < 4.78 is 0. The zero-order valence-electron chi connectivity index (χ0n) is 11.3. The maximum atomic E-state index is 11.1. The maximum Gasteiger partial charge on any atom is 0.322 e. The summed E-state index contributed by atoms with van der Waals surface area (Å²) in [6.45, 7) is 1.49. The van der Waals surface area contributed by atoms with Crippen LogP contribution in [0.4, 0.5) is 0 Å². The molecule has 0 radical (unpaired) electrons. The van der Waals surface area contributed by atoms with E-state index in [4.69, 9.17) is 21.7 Å². The zero-order chi connectivity index (χ0) is 15.7. The van der Waals surface area contributed by atoms with Gasteiger partial charge in [0.1, 0.15) is 6.04 Å². The Balaban J connectivity index is 4.43. The molecule has 0 aliphatic heterocycles. The van der Waals surface area contributed by atoms with Gasteiger partial charge in [-0.2, -0.15) is 0 Å². The average Bonchev–Trinajstić information content (AvgIpc) is 2.35. The van der Waals surface area contributed by atoms with Gasteiger partial charge in [0.15, 0.2) is 0 Å². The third kappa shape index (κ3) is 6.74. The predicted molar refractivity (Wildman–Crippen MR) is 71.5 cm³/mol. The van der Waals surface area contributed by atoms with E-state index in [0.29, 0.717) is 12.8 Å². The summed E-state index contributed by atoms with van der Waals surface area (Å²) in [5.41, 5.74) is 10.6.